The SMILES string of the molecule is CC(=O)[C@H](C)Oc1ccc(Cl)c2ccccc12. The first-order valence-corrected chi connectivity index (χ1v) is 5.81. The van der Waals surface area contributed by atoms with Crippen molar-refractivity contribution in [1.82, 2.24) is 0 Å². The van der Waals surface area contributed by atoms with Crippen LogP contribution in [0.2, 0.25) is 5.02 Å². The zero-order valence-corrected chi connectivity index (χ0v) is 10.5. The maximum absolute atomic E-state index is 11.2. The van der Waals surface area contributed by atoms with Gasteiger partial charge in [0.15, 0.2) is 11.9 Å². The molecule has 3 heteroatoms. The van der Waals surface area contributed by atoms with E-state index in [9.17, 15) is 4.79 Å². The predicted octanol–water partition coefficient (Wildman–Crippen LogP) is 3.85. The van der Waals surface area contributed by atoms with Crippen molar-refractivity contribution in [2.45, 2.75) is 20.0 Å². The Hall–Kier alpha value is -1.54. The lowest BCUT2D eigenvalue weighted by Gasteiger charge is -2.14. The maximum atomic E-state index is 11.2. The molecule has 0 fully saturated rings. The molecular weight excluding hydrogens is 236 g/mol. The van der Waals surface area contributed by atoms with Crippen molar-refractivity contribution in [3.63, 3.8) is 0 Å². The Morgan fingerprint density at radius 1 is 1.18 bits per heavy atom. The molecule has 0 saturated heterocycles. The highest BCUT2D eigenvalue weighted by Gasteiger charge is 2.12. The van der Waals surface area contributed by atoms with Crippen molar-refractivity contribution < 1.29 is 9.53 Å². The molecule has 0 radical (unpaired) electrons. The fraction of sp³-hybridized carbons (Fsp3) is 0.214. The van der Waals surface area contributed by atoms with Gasteiger partial charge in [-0.2, -0.15) is 0 Å². The Bertz CT molecular complexity index is 563. The molecule has 0 heterocycles. The van der Waals surface area contributed by atoms with Gasteiger partial charge in [0.05, 0.1) is 0 Å². The second-order valence-corrected chi connectivity index (χ2v) is 4.37. The average Bonchev–Trinajstić information content (AvgIpc) is 2.33. The van der Waals surface area contributed by atoms with Gasteiger partial charge < -0.3 is 4.74 Å². The zero-order valence-electron chi connectivity index (χ0n) is 9.74. The summed E-state index contributed by atoms with van der Waals surface area (Å²) in [5.41, 5.74) is 0. The summed E-state index contributed by atoms with van der Waals surface area (Å²) in [7, 11) is 0. The summed E-state index contributed by atoms with van der Waals surface area (Å²) >= 11 is 6.11. The second kappa shape index (κ2) is 4.76. The van der Waals surface area contributed by atoms with Crippen molar-refractivity contribution in [1.29, 1.82) is 0 Å². The maximum Gasteiger partial charge on any atom is 0.169 e. The van der Waals surface area contributed by atoms with E-state index in [1.54, 1.807) is 19.1 Å². The normalized spacial score (nSPS) is 12.4. The highest BCUT2D eigenvalue weighted by molar-refractivity contribution is 6.35. The summed E-state index contributed by atoms with van der Waals surface area (Å²) in [6.07, 6.45) is -0.445. The van der Waals surface area contributed by atoms with Gasteiger partial charge in [-0.05, 0) is 26.0 Å². The molecule has 0 saturated carbocycles. The molecule has 0 spiro atoms. The minimum absolute atomic E-state index is 0.00373. The van der Waals surface area contributed by atoms with E-state index in [4.69, 9.17) is 16.3 Å². The van der Waals surface area contributed by atoms with Crippen LogP contribution in [0.1, 0.15) is 13.8 Å². The van der Waals surface area contributed by atoms with E-state index < -0.39 is 6.10 Å². The van der Waals surface area contributed by atoms with Crippen LogP contribution in [0.5, 0.6) is 5.75 Å². The molecule has 0 aromatic heterocycles. The fourth-order valence-electron chi connectivity index (χ4n) is 1.61. The largest absolute Gasteiger partial charge is 0.482 e. The van der Waals surface area contributed by atoms with Crippen LogP contribution in [0.3, 0.4) is 0 Å². The van der Waals surface area contributed by atoms with Crippen molar-refractivity contribution in [2.75, 3.05) is 0 Å². The van der Waals surface area contributed by atoms with Gasteiger partial charge in [0, 0.05) is 15.8 Å². The topological polar surface area (TPSA) is 26.3 Å². The number of hydrogen-bond acceptors (Lipinski definition) is 2. The minimum atomic E-state index is -0.445. The summed E-state index contributed by atoms with van der Waals surface area (Å²) in [6.45, 7) is 3.26. The lowest BCUT2D eigenvalue weighted by Crippen LogP contribution is -2.20. The smallest absolute Gasteiger partial charge is 0.169 e. The number of benzene rings is 2. The van der Waals surface area contributed by atoms with Crippen molar-refractivity contribution in [3.05, 3.63) is 41.4 Å². The summed E-state index contributed by atoms with van der Waals surface area (Å²) in [5, 5.41) is 2.54. The zero-order chi connectivity index (χ0) is 12.4. The molecule has 2 nitrogen and oxygen atoms in total. The molecule has 0 bridgehead atoms. The molecule has 2 aromatic rings. The van der Waals surface area contributed by atoms with E-state index in [0.717, 1.165) is 10.8 Å². The van der Waals surface area contributed by atoms with Gasteiger partial charge in [-0.1, -0.05) is 35.9 Å². The molecular formula is C14H13ClO2. The number of Topliss-reactive ketones (excluding diaryl/α,β-unsaturated/α-hetero) is 1. The van der Waals surface area contributed by atoms with Gasteiger partial charge in [-0.3, -0.25) is 4.79 Å². The van der Waals surface area contributed by atoms with Gasteiger partial charge in [0.2, 0.25) is 0 Å². The highest BCUT2D eigenvalue weighted by atomic mass is 35.5. The van der Waals surface area contributed by atoms with Crippen LogP contribution < -0.4 is 4.74 Å². The third-order valence-electron chi connectivity index (χ3n) is 2.71. The Balaban J connectivity index is 2.48. The Morgan fingerprint density at radius 3 is 2.47 bits per heavy atom. The van der Waals surface area contributed by atoms with Crippen molar-refractivity contribution in [2.24, 2.45) is 0 Å². The monoisotopic (exact) mass is 248 g/mol. The molecule has 17 heavy (non-hydrogen) atoms. The number of hydrogen-bond donors (Lipinski definition) is 0. The first-order valence-electron chi connectivity index (χ1n) is 5.44. The molecule has 0 unspecified atom stereocenters. The van der Waals surface area contributed by atoms with Gasteiger partial charge in [0.1, 0.15) is 5.75 Å². The van der Waals surface area contributed by atoms with Crippen LogP contribution >= 0.6 is 11.6 Å². The van der Waals surface area contributed by atoms with Gasteiger partial charge in [-0.25, -0.2) is 0 Å². The molecule has 0 N–H and O–H groups in total. The number of halogens is 1. The first-order chi connectivity index (χ1) is 8.09. The highest BCUT2D eigenvalue weighted by Crippen LogP contribution is 2.31. The van der Waals surface area contributed by atoms with Crippen molar-refractivity contribution >= 4 is 28.2 Å². The Morgan fingerprint density at radius 2 is 1.82 bits per heavy atom. The summed E-state index contributed by atoms with van der Waals surface area (Å²) in [6, 6.07) is 11.3. The quantitative estimate of drug-likeness (QED) is 0.825. The standard InChI is InChI=1S/C14H13ClO2/c1-9(16)10(2)17-14-8-7-13(15)11-5-3-4-6-12(11)14/h3-8,10H,1-2H3/t10-/m0/s1. The van der Waals surface area contributed by atoms with Crippen LogP contribution in [-0.2, 0) is 4.79 Å². The summed E-state index contributed by atoms with van der Waals surface area (Å²) in [4.78, 5) is 11.2. The number of fused-ring (bicyclic) bond motifs is 1. The molecule has 0 aliphatic carbocycles. The van der Waals surface area contributed by atoms with Crippen LogP contribution in [0, 0.1) is 0 Å². The molecule has 2 rings (SSSR count). The summed E-state index contributed by atoms with van der Waals surface area (Å²) < 4.78 is 5.64. The number of rotatable bonds is 3. The van der Waals surface area contributed by atoms with E-state index in [1.807, 2.05) is 24.3 Å². The average molecular weight is 249 g/mol. The predicted molar refractivity (Wildman–Crippen MR) is 69.7 cm³/mol. The van der Waals surface area contributed by atoms with Crippen LogP contribution in [-0.4, -0.2) is 11.9 Å². The molecule has 1 atom stereocenters. The third-order valence-corrected chi connectivity index (χ3v) is 3.04. The molecule has 0 aliphatic rings. The third kappa shape index (κ3) is 2.42. The second-order valence-electron chi connectivity index (χ2n) is 3.96. The van der Waals surface area contributed by atoms with E-state index >= 15 is 0 Å². The van der Waals surface area contributed by atoms with Crippen LogP contribution in [0.15, 0.2) is 36.4 Å². The lowest BCUT2D eigenvalue weighted by molar-refractivity contribution is -0.122. The van der Waals surface area contributed by atoms with Gasteiger partial charge in [0.25, 0.3) is 0 Å². The van der Waals surface area contributed by atoms with Crippen LogP contribution in [0.4, 0.5) is 0 Å². The Labute approximate surface area is 105 Å². The molecule has 2 aromatic carbocycles. The number of ketones is 1. The molecule has 0 aliphatic heterocycles. The van der Waals surface area contributed by atoms with E-state index in [1.165, 1.54) is 6.92 Å². The molecule has 0 amide bonds. The summed E-state index contributed by atoms with van der Waals surface area (Å²) in [5.74, 6) is 0.691. The van der Waals surface area contributed by atoms with Crippen molar-refractivity contribution in [3.8, 4) is 5.75 Å². The number of carbonyl (C=O) groups excluding carboxylic acids is 1. The minimum Gasteiger partial charge on any atom is -0.482 e. The van der Waals surface area contributed by atoms with E-state index in [2.05, 4.69) is 0 Å². The first kappa shape index (κ1) is 11.9. The van der Waals surface area contributed by atoms with Gasteiger partial charge in [-0.15, -0.1) is 0 Å². The van der Waals surface area contributed by atoms with Gasteiger partial charge >= 0.3 is 0 Å². The van der Waals surface area contributed by atoms with E-state index in [0.29, 0.717) is 10.8 Å². The number of carbonyl (C=O) groups is 1. The Kier molecular flexibility index (Phi) is 3.34. The van der Waals surface area contributed by atoms with E-state index in [-0.39, 0.29) is 5.78 Å². The van der Waals surface area contributed by atoms with Crippen LogP contribution in [0.25, 0.3) is 10.8 Å². The molecule has 88 valence electrons. The number of ether oxygens (including phenoxy) is 1. The lowest BCUT2D eigenvalue weighted by atomic mass is 10.1. The fourth-order valence-corrected chi connectivity index (χ4v) is 1.84.